The van der Waals surface area contributed by atoms with Gasteiger partial charge in [-0.3, -0.25) is 0 Å². The molecule has 2 nitrogen and oxygen atoms in total. The van der Waals surface area contributed by atoms with E-state index in [-0.39, 0.29) is 16.5 Å². The summed E-state index contributed by atoms with van der Waals surface area (Å²) in [5, 5.41) is 0. The van der Waals surface area contributed by atoms with Gasteiger partial charge in [-0.05, 0) is 24.5 Å². The monoisotopic (exact) mass is 247 g/mol. The van der Waals surface area contributed by atoms with Crippen molar-refractivity contribution in [2.75, 3.05) is 0 Å². The molecule has 0 atom stereocenters. The first-order valence-electron chi connectivity index (χ1n) is 4.91. The van der Waals surface area contributed by atoms with E-state index in [2.05, 4.69) is 31.5 Å². The molecule has 3 heteroatoms. The minimum Gasteiger partial charge on any atom is -0.455 e. The molecule has 1 rings (SSSR count). The Morgan fingerprint density at radius 2 is 2.20 bits per heavy atom. The van der Waals surface area contributed by atoms with Crippen molar-refractivity contribution in [1.29, 1.82) is 0 Å². The van der Waals surface area contributed by atoms with Gasteiger partial charge in [0.1, 0.15) is 0 Å². The Hall–Kier alpha value is -0.816. The summed E-state index contributed by atoms with van der Waals surface area (Å²) in [5.74, 6) is 0.600. The third-order valence-corrected chi connectivity index (χ3v) is 1.97. The molecule has 0 bridgehead atoms. The van der Waals surface area contributed by atoms with Crippen molar-refractivity contribution in [2.45, 2.75) is 26.7 Å². The van der Waals surface area contributed by atoms with Crippen LogP contribution in [0.4, 0.5) is 0 Å². The fourth-order valence-corrected chi connectivity index (χ4v) is 1.39. The van der Waals surface area contributed by atoms with E-state index in [1.165, 1.54) is 0 Å². The molecule has 0 radical (unpaired) electrons. The summed E-state index contributed by atoms with van der Waals surface area (Å²) in [6.45, 7) is 8.03. The van der Waals surface area contributed by atoms with E-state index in [1.54, 1.807) is 6.20 Å². The Labute approximate surface area is 102 Å². The standard InChI is InChI=1S/C12H17N2.Ni/c1-4-5-12-10(8-13)7-11(14-12)6-9(2)3;/h4,8-9H,1,5-6,13H2,2-3H3;/q-1;. The Balaban J connectivity index is 0.00000196. The van der Waals surface area contributed by atoms with E-state index in [4.69, 9.17) is 5.73 Å². The molecule has 0 aromatic carbocycles. The number of nitrogens with zero attached hydrogens (tertiary/aromatic N) is 1. The Morgan fingerprint density at radius 3 is 2.67 bits per heavy atom. The van der Waals surface area contributed by atoms with E-state index < -0.39 is 0 Å². The molecule has 0 saturated heterocycles. The van der Waals surface area contributed by atoms with Gasteiger partial charge in [0.05, 0.1) is 0 Å². The minimum absolute atomic E-state index is 0. The molecular weight excluding hydrogens is 231 g/mol. The SMILES string of the molecule is C=CCC1=NC(CC(C)C)=[C-]C1=CN.[Ni]. The van der Waals surface area contributed by atoms with Crippen molar-refractivity contribution in [1.82, 2.24) is 0 Å². The molecule has 0 amide bonds. The van der Waals surface area contributed by atoms with Crippen LogP contribution in [-0.4, -0.2) is 5.71 Å². The van der Waals surface area contributed by atoms with E-state index >= 15 is 0 Å². The third kappa shape index (κ3) is 4.05. The maximum Gasteiger partial charge on any atom is 0 e. The van der Waals surface area contributed by atoms with Crippen LogP contribution in [0.15, 0.2) is 35.1 Å². The van der Waals surface area contributed by atoms with Gasteiger partial charge < -0.3 is 10.7 Å². The number of hydrogen-bond acceptors (Lipinski definition) is 2. The van der Waals surface area contributed by atoms with Crippen LogP contribution in [-0.2, 0) is 16.5 Å². The summed E-state index contributed by atoms with van der Waals surface area (Å²) in [4.78, 5) is 4.47. The van der Waals surface area contributed by atoms with Crippen molar-refractivity contribution in [3.05, 3.63) is 36.2 Å². The van der Waals surface area contributed by atoms with E-state index in [0.717, 1.165) is 29.8 Å². The van der Waals surface area contributed by atoms with Crippen LogP contribution < -0.4 is 5.73 Å². The van der Waals surface area contributed by atoms with Crippen LogP contribution in [0.25, 0.3) is 0 Å². The first-order chi connectivity index (χ1) is 6.67. The molecule has 0 fully saturated rings. The van der Waals surface area contributed by atoms with Gasteiger partial charge in [-0.15, -0.1) is 12.8 Å². The van der Waals surface area contributed by atoms with Crippen molar-refractivity contribution >= 4 is 5.71 Å². The van der Waals surface area contributed by atoms with Gasteiger partial charge in [-0.1, -0.05) is 25.6 Å². The zero-order valence-corrected chi connectivity index (χ0v) is 10.2. The molecule has 15 heavy (non-hydrogen) atoms. The first-order valence-corrected chi connectivity index (χ1v) is 4.91. The molecule has 0 unspecified atom stereocenters. The average molecular weight is 248 g/mol. The van der Waals surface area contributed by atoms with Gasteiger partial charge in [0.25, 0.3) is 0 Å². The second-order valence-corrected chi connectivity index (χ2v) is 3.80. The van der Waals surface area contributed by atoms with Crippen LogP contribution in [0.3, 0.4) is 0 Å². The molecule has 0 aliphatic carbocycles. The Bertz CT molecular complexity index is 312. The molecule has 0 aromatic rings. The van der Waals surface area contributed by atoms with E-state index in [0.29, 0.717) is 5.92 Å². The number of rotatable bonds is 4. The van der Waals surface area contributed by atoms with Crippen molar-refractivity contribution in [2.24, 2.45) is 16.6 Å². The van der Waals surface area contributed by atoms with E-state index in [9.17, 15) is 0 Å². The zero-order chi connectivity index (χ0) is 10.6. The number of hydrogen-bond donors (Lipinski definition) is 1. The first kappa shape index (κ1) is 14.2. The molecule has 1 heterocycles. The van der Waals surface area contributed by atoms with Crippen molar-refractivity contribution in [3.63, 3.8) is 0 Å². The molecule has 0 saturated carbocycles. The summed E-state index contributed by atoms with van der Waals surface area (Å²) < 4.78 is 0. The van der Waals surface area contributed by atoms with Crippen molar-refractivity contribution in [3.8, 4) is 0 Å². The van der Waals surface area contributed by atoms with E-state index in [1.807, 2.05) is 6.08 Å². The van der Waals surface area contributed by atoms with Crippen LogP contribution in [0.5, 0.6) is 0 Å². The Kier molecular flexibility index (Phi) is 6.27. The summed E-state index contributed by atoms with van der Waals surface area (Å²) in [7, 11) is 0. The molecule has 0 spiro atoms. The average Bonchev–Trinajstić information content (AvgIpc) is 2.47. The maximum absolute atomic E-state index is 5.49. The normalized spacial score (nSPS) is 17.4. The van der Waals surface area contributed by atoms with Gasteiger partial charge in [-0.2, -0.15) is 11.6 Å². The Morgan fingerprint density at radius 1 is 1.53 bits per heavy atom. The molecule has 1 aliphatic rings. The van der Waals surface area contributed by atoms with Gasteiger partial charge >= 0.3 is 0 Å². The number of allylic oxidation sites excluding steroid dienone is 4. The van der Waals surface area contributed by atoms with Crippen molar-refractivity contribution < 1.29 is 16.5 Å². The summed E-state index contributed by atoms with van der Waals surface area (Å²) in [5.41, 5.74) is 8.40. The fraction of sp³-hybridized carbons (Fsp3) is 0.417. The van der Waals surface area contributed by atoms with Gasteiger partial charge in [-0.25, -0.2) is 0 Å². The number of nitrogens with two attached hydrogens (primary N) is 1. The zero-order valence-electron chi connectivity index (χ0n) is 9.19. The second-order valence-electron chi connectivity index (χ2n) is 3.80. The quantitative estimate of drug-likeness (QED) is 0.463. The molecule has 1 aliphatic heterocycles. The number of aliphatic imine (C=N–C) groups is 1. The maximum atomic E-state index is 5.49. The summed E-state index contributed by atoms with van der Waals surface area (Å²) in [6.07, 6.45) is 8.33. The third-order valence-electron chi connectivity index (χ3n) is 1.97. The van der Waals surface area contributed by atoms with Gasteiger partial charge in [0.15, 0.2) is 0 Å². The topological polar surface area (TPSA) is 38.4 Å². The predicted molar refractivity (Wildman–Crippen MR) is 60.7 cm³/mol. The second kappa shape index (κ2) is 6.63. The summed E-state index contributed by atoms with van der Waals surface area (Å²) in [6, 6.07) is 0. The van der Waals surface area contributed by atoms with Crippen LogP contribution in [0, 0.1) is 12.0 Å². The minimum atomic E-state index is 0. The molecular formula is C12H17N2Ni-. The summed E-state index contributed by atoms with van der Waals surface area (Å²) >= 11 is 0. The van der Waals surface area contributed by atoms with Gasteiger partial charge in [0.2, 0.25) is 0 Å². The molecule has 0 aromatic heterocycles. The largest absolute Gasteiger partial charge is 0.455 e. The van der Waals surface area contributed by atoms with Crippen LogP contribution >= 0.6 is 0 Å². The predicted octanol–water partition coefficient (Wildman–Crippen LogP) is 2.59. The molecule has 86 valence electrons. The molecule has 2 N–H and O–H groups in total. The van der Waals surface area contributed by atoms with Gasteiger partial charge in [0, 0.05) is 16.5 Å². The fourth-order valence-electron chi connectivity index (χ4n) is 1.39. The van der Waals surface area contributed by atoms with Crippen LogP contribution in [0.2, 0.25) is 0 Å². The van der Waals surface area contributed by atoms with Crippen LogP contribution in [0.1, 0.15) is 26.7 Å². The smallest absolute Gasteiger partial charge is 0 e.